The molecule has 3 nitrogen and oxygen atoms in total. The van der Waals surface area contributed by atoms with Crippen LogP contribution in [0.3, 0.4) is 0 Å². The fourth-order valence-electron chi connectivity index (χ4n) is 2.06. The van der Waals surface area contributed by atoms with Gasteiger partial charge < -0.3 is 10.4 Å². The van der Waals surface area contributed by atoms with Gasteiger partial charge in [-0.1, -0.05) is 36.4 Å². The minimum atomic E-state index is -4.57. The summed E-state index contributed by atoms with van der Waals surface area (Å²) in [6, 6.07) is 11.6. The van der Waals surface area contributed by atoms with Crippen molar-refractivity contribution in [3.05, 3.63) is 59.7 Å². The number of rotatable bonds is 4. The fourth-order valence-corrected chi connectivity index (χ4v) is 2.06. The van der Waals surface area contributed by atoms with Crippen LogP contribution in [0.5, 0.6) is 0 Å². The standard InChI is InChI=1S/C16H14F3NO2/c17-16(18,19)14-10-12(15(22)20-8-9-21)6-7-13(14)11-4-2-1-3-5-11/h1-7,10,21H,8-9H2,(H,20,22). The molecule has 0 saturated heterocycles. The van der Waals surface area contributed by atoms with Gasteiger partial charge in [0.2, 0.25) is 0 Å². The lowest BCUT2D eigenvalue weighted by atomic mass is 9.97. The van der Waals surface area contributed by atoms with Crippen LogP contribution >= 0.6 is 0 Å². The summed E-state index contributed by atoms with van der Waals surface area (Å²) in [5, 5.41) is 11.0. The second-order valence-electron chi connectivity index (χ2n) is 4.60. The average Bonchev–Trinajstić information content (AvgIpc) is 2.52. The van der Waals surface area contributed by atoms with Crippen LogP contribution in [0, 0.1) is 0 Å². The van der Waals surface area contributed by atoms with E-state index in [0.717, 1.165) is 6.07 Å². The summed E-state index contributed by atoms with van der Waals surface area (Å²) < 4.78 is 39.8. The fraction of sp³-hybridized carbons (Fsp3) is 0.188. The Hall–Kier alpha value is -2.34. The van der Waals surface area contributed by atoms with Gasteiger partial charge in [0.05, 0.1) is 12.2 Å². The molecular formula is C16H14F3NO2. The number of halogens is 3. The van der Waals surface area contributed by atoms with Crippen molar-refractivity contribution in [1.29, 1.82) is 0 Å². The maximum atomic E-state index is 13.3. The summed E-state index contributed by atoms with van der Waals surface area (Å²) >= 11 is 0. The molecule has 6 heteroatoms. The molecule has 0 unspecified atom stereocenters. The third kappa shape index (κ3) is 3.65. The van der Waals surface area contributed by atoms with Gasteiger partial charge in [-0.3, -0.25) is 4.79 Å². The van der Waals surface area contributed by atoms with E-state index in [1.807, 2.05) is 0 Å². The molecule has 1 amide bonds. The topological polar surface area (TPSA) is 49.3 Å². The van der Waals surface area contributed by atoms with Gasteiger partial charge in [-0.2, -0.15) is 13.2 Å². The highest BCUT2D eigenvalue weighted by atomic mass is 19.4. The average molecular weight is 309 g/mol. The number of nitrogens with one attached hydrogen (secondary N) is 1. The highest BCUT2D eigenvalue weighted by Gasteiger charge is 2.34. The van der Waals surface area contributed by atoms with E-state index in [4.69, 9.17) is 5.11 Å². The van der Waals surface area contributed by atoms with Crippen molar-refractivity contribution in [1.82, 2.24) is 5.32 Å². The second-order valence-corrected chi connectivity index (χ2v) is 4.60. The van der Waals surface area contributed by atoms with Gasteiger partial charge in [0.15, 0.2) is 0 Å². The molecule has 22 heavy (non-hydrogen) atoms. The number of aliphatic hydroxyl groups is 1. The number of carbonyl (C=O) groups is 1. The normalized spacial score (nSPS) is 11.3. The highest BCUT2D eigenvalue weighted by molar-refractivity contribution is 5.95. The van der Waals surface area contributed by atoms with Crippen molar-refractivity contribution in [3.63, 3.8) is 0 Å². The van der Waals surface area contributed by atoms with Crippen LogP contribution < -0.4 is 5.32 Å². The molecule has 0 aliphatic rings. The monoisotopic (exact) mass is 309 g/mol. The van der Waals surface area contributed by atoms with Crippen LogP contribution in [-0.2, 0) is 6.18 Å². The number of alkyl halides is 3. The second kappa shape index (κ2) is 6.62. The molecule has 0 radical (unpaired) electrons. The third-order valence-electron chi connectivity index (χ3n) is 3.07. The Balaban J connectivity index is 2.46. The molecule has 0 saturated carbocycles. The maximum Gasteiger partial charge on any atom is 0.417 e. The molecule has 2 aromatic carbocycles. The highest BCUT2D eigenvalue weighted by Crippen LogP contribution is 2.37. The molecule has 116 valence electrons. The van der Waals surface area contributed by atoms with E-state index in [0.29, 0.717) is 5.56 Å². The Bertz CT molecular complexity index is 654. The zero-order chi connectivity index (χ0) is 16.2. The van der Waals surface area contributed by atoms with Gasteiger partial charge in [-0.25, -0.2) is 0 Å². The Labute approximate surface area is 125 Å². The van der Waals surface area contributed by atoms with Crippen molar-refractivity contribution in [2.75, 3.05) is 13.2 Å². The van der Waals surface area contributed by atoms with E-state index in [1.165, 1.54) is 12.1 Å². The summed E-state index contributed by atoms with van der Waals surface area (Å²) in [5.41, 5.74) is -0.514. The lowest BCUT2D eigenvalue weighted by molar-refractivity contribution is -0.137. The number of carbonyl (C=O) groups excluding carboxylic acids is 1. The first-order valence-electron chi connectivity index (χ1n) is 6.59. The molecular weight excluding hydrogens is 295 g/mol. The predicted octanol–water partition coefficient (Wildman–Crippen LogP) is 3.09. The lowest BCUT2D eigenvalue weighted by Crippen LogP contribution is -2.26. The van der Waals surface area contributed by atoms with Gasteiger partial charge in [-0.15, -0.1) is 0 Å². The summed E-state index contributed by atoms with van der Waals surface area (Å²) in [5.74, 6) is -0.654. The van der Waals surface area contributed by atoms with Crippen molar-refractivity contribution < 1.29 is 23.1 Å². The summed E-state index contributed by atoms with van der Waals surface area (Å²) in [6.45, 7) is -0.291. The molecule has 0 heterocycles. The SMILES string of the molecule is O=C(NCCO)c1ccc(-c2ccccc2)c(C(F)(F)F)c1. The van der Waals surface area contributed by atoms with Gasteiger partial charge in [0.1, 0.15) is 0 Å². The zero-order valence-corrected chi connectivity index (χ0v) is 11.5. The Morgan fingerprint density at radius 2 is 1.77 bits per heavy atom. The number of aliphatic hydroxyl groups excluding tert-OH is 1. The van der Waals surface area contributed by atoms with Crippen molar-refractivity contribution >= 4 is 5.91 Å². The van der Waals surface area contributed by atoms with Crippen LogP contribution in [0.1, 0.15) is 15.9 Å². The summed E-state index contributed by atoms with van der Waals surface area (Å²) in [4.78, 5) is 11.7. The first kappa shape index (κ1) is 16.0. The van der Waals surface area contributed by atoms with Crippen LogP contribution in [0.25, 0.3) is 11.1 Å². The first-order valence-corrected chi connectivity index (χ1v) is 6.59. The maximum absolute atomic E-state index is 13.3. The minimum absolute atomic E-state index is 0.0133. The van der Waals surface area contributed by atoms with Gasteiger partial charge in [0, 0.05) is 12.1 Å². The Kier molecular flexibility index (Phi) is 4.82. The molecule has 2 aromatic rings. The number of hydrogen-bond acceptors (Lipinski definition) is 2. The van der Waals surface area contributed by atoms with Crippen molar-refractivity contribution in [2.24, 2.45) is 0 Å². The first-order chi connectivity index (χ1) is 10.4. The van der Waals surface area contributed by atoms with Crippen LogP contribution in [0.2, 0.25) is 0 Å². The van der Waals surface area contributed by atoms with E-state index >= 15 is 0 Å². The summed E-state index contributed by atoms with van der Waals surface area (Å²) in [7, 11) is 0. The smallest absolute Gasteiger partial charge is 0.395 e. The molecule has 0 spiro atoms. The quantitative estimate of drug-likeness (QED) is 0.912. The van der Waals surface area contributed by atoms with E-state index in [2.05, 4.69) is 5.32 Å². The van der Waals surface area contributed by atoms with Gasteiger partial charge in [0.25, 0.3) is 5.91 Å². The molecule has 0 aliphatic heterocycles. The van der Waals surface area contributed by atoms with Crippen LogP contribution in [0.4, 0.5) is 13.2 Å². The Morgan fingerprint density at radius 3 is 2.36 bits per heavy atom. The number of benzene rings is 2. The Morgan fingerprint density at radius 1 is 1.09 bits per heavy atom. The molecule has 2 rings (SSSR count). The lowest BCUT2D eigenvalue weighted by Gasteiger charge is -2.14. The largest absolute Gasteiger partial charge is 0.417 e. The van der Waals surface area contributed by atoms with Crippen molar-refractivity contribution in [2.45, 2.75) is 6.18 Å². The van der Waals surface area contributed by atoms with Crippen LogP contribution in [-0.4, -0.2) is 24.2 Å². The zero-order valence-electron chi connectivity index (χ0n) is 11.5. The molecule has 0 atom stereocenters. The van der Waals surface area contributed by atoms with E-state index in [1.54, 1.807) is 30.3 Å². The predicted molar refractivity (Wildman–Crippen MR) is 76.3 cm³/mol. The van der Waals surface area contributed by atoms with Gasteiger partial charge in [-0.05, 0) is 23.3 Å². The minimum Gasteiger partial charge on any atom is -0.395 e. The van der Waals surface area contributed by atoms with Crippen molar-refractivity contribution in [3.8, 4) is 11.1 Å². The number of amides is 1. The third-order valence-corrected chi connectivity index (χ3v) is 3.07. The van der Waals surface area contributed by atoms with E-state index in [9.17, 15) is 18.0 Å². The molecule has 2 N–H and O–H groups in total. The molecule has 0 aromatic heterocycles. The van der Waals surface area contributed by atoms with E-state index in [-0.39, 0.29) is 24.3 Å². The summed E-state index contributed by atoms with van der Waals surface area (Å²) in [6.07, 6.45) is -4.57. The van der Waals surface area contributed by atoms with Gasteiger partial charge >= 0.3 is 6.18 Å². The van der Waals surface area contributed by atoms with Crippen LogP contribution in [0.15, 0.2) is 48.5 Å². The number of hydrogen-bond donors (Lipinski definition) is 2. The molecule has 0 fully saturated rings. The molecule has 0 aliphatic carbocycles. The molecule has 0 bridgehead atoms. The van der Waals surface area contributed by atoms with E-state index < -0.39 is 17.6 Å².